The van der Waals surface area contributed by atoms with Gasteiger partial charge in [0.05, 0.1) is 11.1 Å². The van der Waals surface area contributed by atoms with Gasteiger partial charge in [0.2, 0.25) is 4.77 Å². The molecule has 0 radical (unpaired) electrons. The molecule has 2 rings (SSSR count). The zero-order valence-corrected chi connectivity index (χ0v) is 11.0. The number of phenols is 2. The molecule has 0 saturated carbocycles. The lowest BCUT2D eigenvalue weighted by molar-refractivity contribution is -0.385. The van der Waals surface area contributed by atoms with Gasteiger partial charge in [0.25, 0.3) is 0 Å². The summed E-state index contributed by atoms with van der Waals surface area (Å²) in [6.45, 7) is 1.66. The van der Waals surface area contributed by atoms with Crippen molar-refractivity contribution in [2.45, 2.75) is 6.92 Å². The summed E-state index contributed by atoms with van der Waals surface area (Å²) < 4.78 is 1.53. The molecule has 0 aliphatic carbocycles. The van der Waals surface area contributed by atoms with Crippen LogP contribution in [0.2, 0.25) is 0 Å². The minimum atomic E-state index is -0.763. The Labute approximate surface area is 117 Å². The van der Waals surface area contributed by atoms with Crippen LogP contribution in [0.4, 0.5) is 5.69 Å². The van der Waals surface area contributed by atoms with E-state index < -0.39 is 16.4 Å². The Balaban J connectivity index is 2.46. The molecule has 0 saturated heterocycles. The monoisotopic (exact) mass is 295 g/mol. The van der Waals surface area contributed by atoms with Crippen molar-refractivity contribution >= 4 is 24.1 Å². The third-order valence-electron chi connectivity index (χ3n) is 2.45. The number of nitrogens with zero attached hydrogens (tertiary/aromatic N) is 4. The zero-order valence-electron chi connectivity index (χ0n) is 10.1. The van der Waals surface area contributed by atoms with Gasteiger partial charge in [0.1, 0.15) is 11.6 Å². The van der Waals surface area contributed by atoms with Crippen molar-refractivity contribution in [3.05, 3.63) is 38.4 Å². The van der Waals surface area contributed by atoms with Crippen molar-refractivity contribution < 1.29 is 15.1 Å². The first-order valence-electron chi connectivity index (χ1n) is 5.29. The number of phenolic OH excluding ortho intramolecular Hbond substituents is 2. The fraction of sp³-hybridized carbons (Fsp3) is 0.100. The van der Waals surface area contributed by atoms with Gasteiger partial charge in [-0.3, -0.25) is 15.2 Å². The van der Waals surface area contributed by atoms with E-state index in [1.807, 2.05) is 0 Å². The van der Waals surface area contributed by atoms with E-state index in [0.717, 1.165) is 12.1 Å². The van der Waals surface area contributed by atoms with E-state index in [4.69, 9.17) is 12.2 Å². The summed E-state index contributed by atoms with van der Waals surface area (Å²) in [6.07, 6.45) is 1.18. The molecule has 1 aromatic carbocycles. The van der Waals surface area contributed by atoms with E-state index in [-0.39, 0.29) is 16.1 Å². The molecule has 0 spiro atoms. The Morgan fingerprint density at radius 3 is 2.75 bits per heavy atom. The van der Waals surface area contributed by atoms with E-state index in [1.165, 1.54) is 10.9 Å². The van der Waals surface area contributed by atoms with Gasteiger partial charge in [-0.15, -0.1) is 0 Å². The molecule has 0 unspecified atom stereocenters. The van der Waals surface area contributed by atoms with Gasteiger partial charge < -0.3 is 10.2 Å². The van der Waals surface area contributed by atoms with Gasteiger partial charge in [0, 0.05) is 17.7 Å². The number of H-pyrrole nitrogens is 1. The molecular weight excluding hydrogens is 286 g/mol. The SMILES string of the molecule is Cc1n[nH]c(=S)n1/N=C\c1cc([N+](=O)[O-])c(O)cc1O. The van der Waals surface area contributed by atoms with E-state index >= 15 is 0 Å². The molecule has 1 aromatic heterocycles. The minimum absolute atomic E-state index is 0.0667. The number of rotatable bonds is 3. The third-order valence-corrected chi connectivity index (χ3v) is 2.71. The van der Waals surface area contributed by atoms with Crippen LogP contribution < -0.4 is 0 Å². The van der Waals surface area contributed by atoms with Gasteiger partial charge in [-0.25, -0.2) is 0 Å². The summed E-state index contributed by atoms with van der Waals surface area (Å²) in [7, 11) is 0. The quantitative estimate of drug-likeness (QED) is 0.340. The summed E-state index contributed by atoms with van der Waals surface area (Å²) in [5, 5.41) is 40.0. The van der Waals surface area contributed by atoms with Crippen LogP contribution in [0.15, 0.2) is 17.2 Å². The van der Waals surface area contributed by atoms with Crippen LogP contribution in [0.5, 0.6) is 11.5 Å². The molecule has 9 nitrogen and oxygen atoms in total. The molecule has 0 amide bonds. The maximum atomic E-state index is 10.7. The lowest BCUT2D eigenvalue weighted by Crippen LogP contribution is -1.96. The highest BCUT2D eigenvalue weighted by Crippen LogP contribution is 2.31. The van der Waals surface area contributed by atoms with E-state index in [1.54, 1.807) is 6.92 Å². The first-order valence-corrected chi connectivity index (χ1v) is 5.69. The number of hydrogen-bond acceptors (Lipinski definition) is 7. The maximum Gasteiger partial charge on any atom is 0.311 e. The van der Waals surface area contributed by atoms with Crippen molar-refractivity contribution in [3.63, 3.8) is 0 Å². The highest BCUT2D eigenvalue weighted by molar-refractivity contribution is 7.71. The Morgan fingerprint density at radius 2 is 2.20 bits per heavy atom. The normalized spacial score (nSPS) is 11.1. The van der Waals surface area contributed by atoms with E-state index in [0.29, 0.717) is 5.82 Å². The van der Waals surface area contributed by atoms with Gasteiger partial charge in [-0.05, 0) is 19.1 Å². The summed E-state index contributed by atoms with van der Waals surface area (Å²) in [5.41, 5.74) is -0.464. The molecule has 2 aromatic rings. The van der Waals surface area contributed by atoms with Crippen LogP contribution in [0.1, 0.15) is 11.4 Å². The molecule has 0 aliphatic rings. The van der Waals surface area contributed by atoms with Crippen LogP contribution >= 0.6 is 12.2 Å². The molecule has 1 heterocycles. The molecular formula is C10H9N5O4S. The molecule has 20 heavy (non-hydrogen) atoms. The van der Waals surface area contributed by atoms with Crippen molar-refractivity contribution in [3.8, 4) is 11.5 Å². The van der Waals surface area contributed by atoms with E-state index in [2.05, 4.69) is 15.3 Å². The fourth-order valence-corrected chi connectivity index (χ4v) is 1.68. The molecule has 0 fully saturated rings. The predicted octanol–water partition coefficient (Wildman–Crippen LogP) is 1.45. The second kappa shape index (κ2) is 5.09. The lowest BCUT2D eigenvalue weighted by Gasteiger charge is -2.01. The number of benzene rings is 1. The Morgan fingerprint density at radius 1 is 1.50 bits per heavy atom. The third kappa shape index (κ3) is 2.49. The molecule has 10 heteroatoms. The summed E-state index contributed by atoms with van der Waals surface area (Å²) >= 11 is 4.93. The number of aryl methyl sites for hydroxylation is 1. The number of hydrogen-bond donors (Lipinski definition) is 3. The fourth-order valence-electron chi connectivity index (χ4n) is 1.46. The zero-order chi connectivity index (χ0) is 14.9. The van der Waals surface area contributed by atoms with Crippen molar-refractivity contribution in [1.29, 1.82) is 0 Å². The Kier molecular flexibility index (Phi) is 3.48. The number of aromatic hydroxyl groups is 2. The maximum absolute atomic E-state index is 10.7. The van der Waals surface area contributed by atoms with Gasteiger partial charge in [0.15, 0.2) is 5.75 Å². The van der Waals surface area contributed by atoms with E-state index in [9.17, 15) is 20.3 Å². The Hall–Kier alpha value is -2.75. The predicted molar refractivity (Wildman–Crippen MR) is 71.6 cm³/mol. The topological polar surface area (TPSA) is 130 Å². The van der Waals surface area contributed by atoms with Gasteiger partial charge in [-0.2, -0.15) is 14.9 Å². The number of aromatic amines is 1. The van der Waals surface area contributed by atoms with Gasteiger partial charge >= 0.3 is 5.69 Å². The summed E-state index contributed by atoms with van der Waals surface area (Å²) in [4.78, 5) is 9.95. The second-order valence-corrected chi connectivity index (χ2v) is 4.18. The highest BCUT2D eigenvalue weighted by atomic mass is 32.1. The Bertz CT molecular complexity index is 763. The number of nitrogens with one attached hydrogen (secondary N) is 1. The lowest BCUT2D eigenvalue weighted by atomic mass is 10.2. The summed E-state index contributed by atoms with van der Waals surface area (Å²) in [6, 6.07) is 1.88. The smallest absolute Gasteiger partial charge is 0.311 e. The number of nitro benzene ring substituents is 1. The van der Waals surface area contributed by atoms with Gasteiger partial charge in [-0.1, -0.05) is 0 Å². The summed E-state index contributed by atoms with van der Waals surface area (Å²) in [5.74, 6) is -0.482. The second-order valence-electron chi connectivity index (χ2n) is 3.79. The van der Waals surface area contributed by atoms with Crippen molar-refractivity contribution in [2.75, 3.05) is 0 Å². The van der Waals surface area contributed by atoms with Crippen molar-refractivity contribution in [1.82, 2.24) is 14.9 Å². The van der Waals surface area contributed by atoms with Crippen molar-refractivity contribution in [2.24, 2.45) is 5.10 Å². The van der Waals surface area contributed by atoms with Crippen LogP contribution in [0, 0.1) is 21.8 Å². The molecule has 0 aliphatic heterocycles. The van der Waals surface area contributed by atoms with Crippen LogP contribution in [0.25, 0.3) is 0 Å². The van der Waals surface area contributed by atoms with Crippen LogP contribution in [0.3, 0.4) is 0 Å². The average molecular weight is 295 g/mol. The average Bonchev–Trinajstić information content (AvgIpc) is 2.68. The largest absolute Gasteiger partial charge is 0.507 e. The minimum Gasteiger partial charge on any atom is -0.507 e. The molecule has 0 bridgehead atoms. The highest BCUT2D eigenvalue weighted by Gasteiger charge is 2.16. The first-order chi connectivity index (χ1) is 9.40. The standard InChI is InChI=1S/C10H9N5O4S/c1-5-12-13-10(20)14(5)11-4-6-2-7(15(18)19)9(17)3-8(6)16/h2-4,16-17H,1H3,(H,13,20)/b11-4-. The first kappa shape index (κ1) is 13.7. The molecule has 104 valence electrons. The molecule has 0 atom stereocenters. The molecule has 3 N–H and O–H groups in total. The van der Waals surface area contributed by atoms with Crippen LogP contribution in [-0.4, -0.2) is 36.2 Å². The number of aromatic nitrogens is 3. The van der Waals surface area contributed by atoms with Crippen LogP contribution in [-0.2, 0) is 0 Å². The number of nitro groups is 1.